The lowest BCUT2D eigenvalue weighted by Gasteiger charge is -2.35. The van der Waals surface area contributed by atoms with Crippen LogP contribution in [0.2, 0.25) is 0 Å². The highest BCUT2D eigenvalue weighted by atomic mass is 16.5. The molecule has 0 bridgehead atoms. The summed E-state index contributed by atoms with van der Waals surface area (Å²) in [6, 6.07) is -0.0865. The summed E-state index contributed by atoms with van der Waals surface area (Å²) in [5, 5.41) is 0. The summed E-state index contributed by atoms with van der Waals surface area (Å²) in [5.41, 5.74) is -0.512. The lowest BCUT2D eigenvalue weighted by Crippen LogP contribution is -2.46. The van der Waals surface area contributed by atoms with Crippen LogP contribution in [0.5, 0.6) is 0 Å². The molecule has 0 saturated carbocycles. The average Bonchev–Trinajstić information content (AvgIpc) is 2.44. The van der Waals surface area contributed by atoms with Gasteiger partial charge in [0.2, 0.25) is 11.8 Å². The van der Waals surface area contributed by atoms with E-state index in [1.165, 1.54) is 0 Å². The first-order valence-electron chi connectivity index (χ1n) is 7.02. The lowest BCUT2D eigenvalue weighted by atomic mass is 9.87. The van der Waals surface area contributed by atoms with Crippen LogP contribution >= 0.6 is 0 Å². The van der Waals surface area contributed by atoms with E-state index >= 15 is 0 Å². The van der Waals surface area contributed by atoms with Gasteiger partial charge in [-0.25, -0.2) is 9.98 Å². The van der Waals surface area contributed by atoms with Crippen molar-refractivity contribution < 1.29 is 9.47 Å². The highest BCUT2D eigenvalue weighted by molar-refractivity contribution is 5.97. The van der Waals surface area contributed by atoms with Gasteiger partial charge in [-0.05, 0) is 25.2 Å². The van der Waals surface area contributed by atoms with Crippen molar-refractivity contribution in [2.45, 2.75) is 44.7 Å². The third-order valence-electron chi connectivity index (χ3n) is 3.51. The molecule has 0 amide bonds. The van der Waals surface area contributed by atoms with Gasteiger partial charge in [0, 0.05) is 0 Å². The monoisotopic (exact) mass is 278 g/mol. The van der Waals surface area contributed by atoms with E-state index in [4.69, 9.17) is 19.5 Å². The molecule has 1 aliphatic heterocycles. The molecule has 1 aliphatic rings. The fourth-order valence-corrected chi connectivity index (χ4v) is 2.45. The molecule has 2 atom stereocenters. The molecule has 4 nitrogen and oxygen atoms in total. The van der Waals surface area contributed by atoms with Gasteiger partial charge in [0.25, 0.3) is 0 Å². The zero-order chi connectivity index (χ0) is 15.2. The minimum Gasteiger partial charge on any atom is -0.483 e. The summed E-state index contributed by atoms with van der Waals surface area (Å²) in [4.78, 5) is 9.57. The van der Waals surface area contributed by atoms with E-state index < -0.39 is 5.54 Å². The fraction of sp³-hybridized carbons (Fsp3) is 0.625. The van der Waals surface area contributed by atoms with E-state index in [0.717, 1.165) is 12.8 Å². The second kappa shape index (κ2) is 7.27. The highest BCUT2D eigenvalue weighted by Gasteiger charge is 2.42. The zero-order valence-electron chi connectivity index (χ0n) is 13.1. The molecule has 0 fully saturated rings. The Morgan fingerprint density at radius 3 is 2.40 bits per heavy atom. The van der Waals surface area contributed by atoms with Crippen LogP contribution in [-0.2, 0) is 9.47 Å². The average molecular weight is 278 g/mol. The maximum atomic E-state index is 5.54. The number of nitrogens with zero attached hydrogens (tertiary/aromatic N) is 2. The third kappa shape index (κ3) is 3.30. The van der Waals surface area contributed by atoms with Crippen molar-refractivity contribution in [2.24, 2.45) is 15.9 Å². The molecule has 0 radical (unpaired) electrons. The van der Waals surface area contributed by atoms with Gasteiger partial charge < -0.3 is 9.47 Å². The number of methoxy groups -OCH3 is 2. The van der Waals surface area contributed by atoms with Crippen molar-refractivity contribution in [3.63, 3.8) is 0 Å². The maximum absolute atomic E-state index is 5.54. The molecular weight excluding hydrogens is 252 g/mol. The minimum atomic E-state index is -0.512. The largest absolute Gasteiger partial charge is 0.483 e. The van der Waals surface area contributed by atoms with E-state index in [9.17, 15) is 0 Å². The number of hydrogen-bond acceptors (Lipinski definition) is 4. The molecule has 112 valence electrons. The Kier molecular flexibility index (Phi) is 5.99. The predicted octanol–water partition coefficient (Wildman–Crippen LogP) is 3.40. The van der Waals surface area contributed by atoms with Crippen molar-refractivity contribution in [2.75, 3.05) is 14.2 Å². The molecule has 0 aromatic heterocycles. The smallest absolute Gasteiger partial charge is 0.213 e. The van der Waals surface area contributed by atoms with E-state index in [0.29, 0.717) is 24.1 Å². The standard InChI is InChI=1S/C16H26N2O2/c1-7-9-11-16(10-8-2)15(20-6)17-13(12(3)4)14(18-16)19-5/h7-8,12-13H,1-2,9-11H2,3-6H3/t13-,16+/m1/s1. The molecule has 0 spiro atoms. The van der Waals surface area contributed by atoms with Crippen LogP contribution in [0.4, 0.5) is 0 Å². The van der Waals surface area contributed by atoms with Crippen LogP contribution in [-0.4, -0.2) is 37.6 Å². The van der Waals surface area contributed by atoms with Gasteiger partial charge in [-0.15, -0.1) is 13.2 Å². The van der Waals surface area contributed by atoms with Crippen LogP contribution in [0, 0.1) is 5.92 Å². The Morgan fingerprint density at radius 1 is 1.25 bits per heavy atom. The SMILES string of the molecule is C=CCC[C@]1(CC=C)N=C(OC)[C@@H](C(C)C)N=C1OC. The number of ether oxygens (including phenoxy) is 2. The van der Waals surface area contributed by atoms with E-state index in [-0.39, 0.29) is 6.04 Å². The Bertz CT molecular complexity index is 413. The summed E-state index contributed by atoms with van der Waals surface area (Å²) in [6.07, 6.45) is 6.03. The van der Waals surface area contributed by atoms with Gasteiger partial charge in [0.05, 0.1) is 14.2 Å². The molecule has 1 rings (SSSR count). The molecule has 1 heterocycles. The molecule has 0 N–H and O–H groups in total. The summed E-state index contributed by atoms with van der Waals surface area (Å²) in [6.45, 7) is 11.8. The topological polar surface area (TPSA) is 43.2 Å². The van der Waals surface area contributed by atoms with Crippen LogP contribution in [0.3, 0.4) is 0 Å². The second-order valence-corrected chi connectivity index (χ2v) is 5.33. The van der Waals surface area contributed by atoms with Gasteiger partial charge in [0.1, 0.15) is 11.6 Å². The van der Waals surface area contributed by atoms with Gasteiger partial charge in [-0.2, -0.15) is 0 Å². The Hall–Kier alpha value is -1.58. The summed E-state index contributed by atoms with van der Waals surface area (Å²) in [7, 11) is 3.29. The molecule has 20 heavy (non-hydrogen) atoms. The number of aliphatic imine (C=N–C) groups is 2. The Balaban J connectivity index is 3.25. The van der Waals surface area contributed by atoms with Crippen molar-refractivity contribution >= 4 is 11.8 Å². The van der Waals surface area contributed by atoms with E-state index in [2.05, 4.69) is 27.0 Å². The molecule has 0 unspecified atom stereocenters. The number of hydrogen-bond donors (Lipinski definition) is 0. The first-order chi connectivity index (χ1) is 9.54. The fourth-order valence-electron chi connectivity index (χ4n) is 2.45. The van der Waals surface area contributed by atoms with Gasteiger partial charge >= 0.3 is 0 Å². The molecule has 0 aliphatic carbocycles. The van der Waals surface area contributed by atoms with Gasteiger partial charge in [-0.3, -0.25) is 0 Å². The summed E-state index contributed by atoms with van der Waals surface area (Å²) in [5.74, 6) is 1.64. The van der Waals surface area contributed by atoms with Crippen LogP contribution in [0.15, 0.2) is 35.3 Å². The van der Waals surface area contributed by atoms with Crippen LogP contribution in [0.1, 0.15) is 33.1 Å². The Labute approximate surface area is 122 Å². The van der Waals surface area contributed by atoms with Crippen molar-refractivity contribution in [1.29, 1.82) is 0 Å². The third-order valence-corrected chi connectivity index (χ3v) is 3.51. The van der Waals surface area contributed by atoms with Crippen molar-refractivity contribution in [3.05, 3.63) is 25.3 Å². The normalized spacial score (nSPS) is 25.8. The van der Waals surface area contributed by atoms with Crippen LogP contribution < -0.4 is 0 Å². The molecular formula is C16H26N2O2. The number of rotatable bonds is 6. The van der Waals surface area contributed by atoms with Crippen molar-refractivity contribution in [1.82, 2.24) is 0 Å². The molecule has 0 saturated heterocycles. The van der Waals surface area contributed by atoms with Crippen LogP contribution in [0.25, 0.3) is 0 Å². The predicted molar refractivity (Wildman–Crippen MR) is 84.5 cm³/mol. The highest BCUT2D eigenvalue weighted by Crippen LogP contribution is 2.32. The number of allylic oxidation sites excluding steroid dienone is 1. The Morgan fingerprint density at radius 2 is 1.95 bits per heavy atom. The zero-order valence-corrected chi connectivity index (χ0v) is 13.1. The van der Waals surface area contributed by atoms with Crippen molar-refractivity contribution in [3.8, 4) is 0 Å². The van der Waals surface area contributed by atoms with Gasteiger partial charge in [0.15, 0.2) is 0 Å². The van der Waals surface area contributed by atoms with E-state index in [1.54, 1.807) is 14.2 Å². The lowest BCUT2D eigenvalue weighted by molar-refractivity contribution is 0.298. The summed E-state index contributed by atoms with van der Waals surface area (Å²) < 4.78 is 11.0. The molecule has 0 aromatic carbocycles. The first kappa shape index (κ1) is 16.5. The van der Waals surface area contributed by atoms with Gasteiger partial charge in [-0.1, -0.05) is 26.0 Å². The minimum absolute atomic E-state index is 0.0865. The molecule has 0 aromatic rings. The molecule has 4 heteroatoms. The summed E-state index contributed by atoms with van der Waals surface area (Å²) >= 11 is 0. The van der Waals surface area contributed by atoms with E-state index in [1.807, 2.05) is 12.2 Å². The first-order valence-corrected chi connectivity index (χ1v) is 7.02. The second-order valence-electron chi connectivity index (χ2n) is 5.33. The maximum Gasteiger partial charge on any atom is 0.213 e. The quantitative estimate of drug-likeness (QED) is 0.699.